The molecular weight excluding hydrogens is 310 g/mol. The van der Waals surface area contributed by atoms with E-state index in [-0.39, 0.29) is 0 Å². The van der Waals surface area contributed by atoms with Crippen LogP contribution in [-0.2, 0) is 17.6 Å². The van der Waals surface area contributed by atoms with Crippen molar-refractivity contribution >= 4 is 21.9 Å². The predicted molar refractivity (Wildman–Crippen MR) is 76.5 cm³/mol. The first-order valence-corrected chi connectivity index (χ1v) is 7.22. The average molecular weight is 328 g/mol. The highest BCUT2D eigenvalue weighted by Gasteiger charge is 2.27. The minimum absolute atomic E-state index is 0.551. The Bertz CT molecular complexity index is 502. The topological polar surface area (TPSA) is 72.5 Å². The van der Waals surface area contributed by atoms with Crippen LogP contribution in [0.1, 0.15) is 42.0 Å². The number of aliphatic carboxylic acids is 1. The molecule has 0 amide bonds. The Kier molecular flexibility index (Phi) is 4.47. The van der Waals surface area contributed by atoms with Gasteiger partial charge >= 0.3 is 5.97 Å². The van der Waals surface area contributed by atoms with Gasteiger partial charge in [0.05, 0.1) is 11.6 Å². The lowest BCUT2D eigenvalue weighted by molar-refractivity contribution is -0.138. The summed E-state index contributed by atoms with van der Waals surface area (Å²) in [6, 6.07) is 0.997. The third-order valence-corrected chi connectivity index (χ3v) is 4.22. The van der Waals surface area contributed by atoms with Crippen molar-refractivity contribution in [2.75, 3.05) is 7.11 Å². The molecule has 0 aromatic heterocycles. The molecular formula is C14H18BrNO3. The van der Waals surface area contributed by atoms with Crippen molar-refractivity contribution in [2.24, 2.45) is 5.73 Å². The molecule has 1 aromatic carbocycles. The van der Waals surface area contributed by atoms with Crippen LogP contribution in [0.15, 0.2) is 10.5 Å². The molecule has 1 aliphatic carbocycles. The Hall–Kier alpha value is -1.07. The van der Waals surface area contributed by atoms with E-state index in [1.54, 1.807) is 7.11 Å². The predicted octanol–water partition coefficient (Wildman–Crippen LogP) is 2.81. The summed E-state index contributed by atoms with van der Waals surface area (Å²) in [6.07, 6.45) is 5.20. The summed E-state index contributed by atoms with van der Waals surface area (Å²) in [5, 5.41) is 9.22. The van der Waals surface area contributed by atoms with Gasteiger partial charge in [-0.3, -0.25) is 4.79 Å². The van der Waals surface area contributed by atoms with Crippen LogP contribution < -0.4 is 10.5 Å². The number of nitrogens with two attached hydrogens (primary N) is 1. The number of hydrogen-bond acceptors (Lipinski definition) is 3. The van der Waals surface area contributed by atoms with E-state index in [0.29, 0.717) is 11.3 Å². The van der Waals surface area contributed by atoms with Crippen molar-refractivity contribution in [3.8, 4) is 5.75 Å². The number of carboxylic acids is 1. The minimum Gasteiger partial charge on any atom is -0.495 e. The largest absolute Gasteiger partial charge is 0.495 e. The van der Waals surface area contributed by atoms with E-state index >= 15 is 0 Å². The first-order valence-electron chi connectivity index (χ1n) is 6.42. The molecule has 0 saturated heterocycles. The standard InChI is InChI=1S/C14H18BrNO3/c1-19-13-10(15)7-8-5-3-2-4-6-9(8)11(13)12(16)14(17)18/h7,12H,2-6,16H2,1H3,(H,17,18). The van der Waals surface area contributed by atoms with Crippen molar-refractivity contribution in [1.82, 2.24) is 0 Å². The van der Waals surface area contributed by atoms with Crippen LogP contribution in [-0.4, -0.2) is 18.2 Å². The van der Waals surface area contributed by atoms with E-state index in [1.807, 2.05) is 6.07 Å². The van der Waals surface area contributed by atoms with Gasteiger partial charge in [0, 0.05) is 5.56 Å². The van der Waals surface area contributed by atoms with Gasteiger partial charge in [-0.1, -0.05) is 6.42 Å². The van der Waals surface area contributed by atoms with Gasteiger partial charge in [0.2, 0.25) is 0 Å². The van der Waals surface area contributed by atoms with Gasteiger partial charge in [-0.15, -0.1) is 0 Å². The quantitative estimate of drug-likeness (QED) is 0.837. The van der Waals surface area contributed by atoms with E-state index < -0.39 is 12.0 Å². The molecule has 2 rings (SSSR count). The van der Waals surface area contributed by atoms with Gasteiger partial charge in [0.15, 0.2) is 0 Å². The molecule has 4 nitrogen and oxygen atoms in total. The first kappa shape index (κ1) is 14.3. The molecule has 104 valence electrons. The maximum atomic E-state index is 11.3. The Morgan fingerprint density at radius 2 is 2.11 bits per heavy atom. The van der Waals surface area contributed by atoms with Gasteiger partial charge in [0.1, 0.15) is 11.8 Å². The van der Waals surface area contributed by atoms with Crippen molar-refractivity contribution in [3.05, 3.63) is 27.2 Å². The number of ether oxygens (including phenoxy) is 1. The second-order valence-corrected chi connectivity index (χ2v) is 5.67. The van der Waals surface area contributed by atoms with Gasteiger partial charge < -0.3 is 15.6 Å². The number of methoxy groups -OCH3 is 1. The number of aryl methyl sites for hydroxylation is 1. The van der Waals surface area contributed by atoms with Crippen LogP contribution in [0.2, 0.25) is 0 Å². The Balaban J connectivity index is 2.65. The number of benzene rings is 1. The van der Waals surface area contributed by atoms with Crippen LogP contribution in [0.4, 0.5) is 0 Å². The third kappa shape index (κ3) is 2.77. The van der Waals surface area contributed by atoms with E-state index in [4.69, 9.17) is 10.5 Å². The van der Waals surface area contributed by atoms with Gasteiger partial charge in [-0.25, -0.2) is 0 Å². The van der Waals surface area contributed by atoms with Crippen molar-refractivity contribution in [1.29, 1.82) is 0 Å². The molecule has 1 unspecified atom stereocenters. The van der Waals surface area contributed by atoms with Crippen LogP contribution in [0.3, 0.4) is 0 Å². The average Bonchev–Trinajstić information content (AvgIpc) is 2.61. The second kappa shape index (κ2) is 5.92. The van der Waals surface area contributed by atoms with Gasteiger partial charge in [0.25, 0.3) is 0 Å². The molecule has 0 saturated carbocycles. The zero-order chi connectivity index (χ0) is 14.0. The molecule has 1 atom stereocenters. The molecule has 0 radical (unpaired) electrons. The number of carbonyl (C=O) groups is 1. The zero-order valence-corrected chi connectivity index (χ0v) is 12.5. The summed E-state index contributed by atoms with van der Waals surface area (Å²) < 4.78 is 6.14. The summed E-state index contributed by atoms with van der Waals surface area (Å²) in [5.74, 6) is -0.474. The molecule has 5 heteroatoms. The Morgan fingerprint density at radius 3 is 2.74 bits per heavy atom. The highest BCUT2D eigenvalue weighted by Crippen LogP contribution is 2.39. The molecule has 0 spiro atoms. The molecule has 19 heavy (non-hydrogen) atoms. The molecule has 0 heterocycles. The fourth-order valence-corrected chi connectivity index (χ4v) is 3.37. The Morgan fingerprint density at radius 1 is 1.42 bits per heavy atom. The van der Waals surface area contributed by atoms with Crippen LogP contribution in [0, 0.1) is 0 Å². The van der Waals surface area contributed by atoms with E-state index in [2.05, 4.69) is 15.9 Å². The summed E-state index contributed by atoms with van der Waals surface area (Å²) in [4.78, 5) is 11.3. The highest BCUT2D eigenvalue weighted by atomic mass is 79.9. The number of rotatable bonds is 3. The fourth-order valence-electron chi connectivity index (χ4n) is 2.72. The molecule has 0 bridgehead atoms. The van der Waals surface area contributed by atoms with Crippen molar-refractivity contribution < 1.29 is 14.6 Å². The molecule has 3 N–H and O–H groups in total. The lowest BCUT2D eigenvalue weighted by Crippen LogP contribution is -2.23. The number of fused-ring (bicyclic) bond motifs is 1. The summed E-state index contributed by atoms with van der Waals surface area (Å²) in [7, 11) is 1.54. The summed E-state index contributed by atoms with van der Waals surface area (Å²) in [5.41, 5.74) is 8.74. The fraction of sp³-hybridized carbons (Fsp3) is 0.500. The monoisotopic (exact) mass is 327 g/mol. The van der Waals surface area contributed by atoms with Gasteiger partial charge in [-0.05, 0) is 58.8 Å². The smallest absolute Gasteiger partial charge is 0.325 e. The van der Waals surface area contributed by atoms with Crippen LogP contribution >= 0.6 is 15.9 Å². The zero-order valence-electron chi connectivity index (χ0n) is 10.9. The minimum atomic E-state index is -1.04. The lowest BCUT2D eigenvalue weighted by atomic mass is 9.92. The highest BCUT2D eigenvalue weighted by molar-refractivity contribution is 9.10. The maximum absolute atomic E-state index is 11.3. The molecule has 1 aliphatic rings. The molecule has 0 aliphatic heterocycles. The van der Waals surface area contributed by atoms with E-state index in [1.165, 1.54) is 5.56 Å². The van der Waals surface area contributed by atoms with Crippen LogP contribution in [0.5, 0.6) is 5.75 Å². The van der Waals surface area contributed by atoms with Gasteiger partial charge in [-0.2, -0.15) is 0 Å². The van der Waals surface area contributed by atoms with Crippen LogP contribution in [0.25, 0.3) is 0 Å². The molecule has 0 fully saturated rings. The normalized spacial score (nSPS) is 16.4. The summed E-state index contributed by atoms with van der Waals surface area (Å²) in [6.45, 7) is 0. The van der Waals surface area contributed by atoms with E-state index in [9.17, 15) is 9.90 Å². The SMILES string of the molecule is COc1c(Br)cc2c(c1C(N)C(=O)O)CCCCC2. The lowest BCUT2D eigenvalue weighted by Gasteiger charge is -2.20. The number of carboxylic acid groups (broad SMARTS) is 1. The van der Waals surface area contributed by atoms with Crippen molar-refractivity contribution in [3.63, 3.8) is 0 Å². The molecule has 1 aromatic rings. The third-order valence-electron chi connectivity index (χ3n) is 3.63. The second-order valence-electron chi connectivity index (χ2n) is 4.82. The number of halogens is 1. The number of hydrogen-bond donors (Lipinski definition) is 2. The summed E-state index contributed by atoms with van der Waals surface area (Å²) >= 11 is 3.46. The Labute approximate surface area is 121 Å². The maximum Gasteiger partial charge on any atom is 0.325 e. The first-order chi connectivity index (χ1) is 9.06. The van der Waals surface area contributed by atoms with E-state index in [0.717, 1.165) is 42.1 Å². The van der Waals surface area contributed by atoms with Crippen molar-refractivity contribution in [2.45, 2.75) is 38.1 Å².